The summed E-state index contributed by atoms with van der Waals surface area (Å²) in [6.07, 6.45) is 9.84. The van der Waals surface area contributed by atoms with Crippen LogP contribution in [0.3, 0.4) is 0 Å². The number of carbonyl (C=O) groups excluding carboxylic acids is 4. The summed E-state index contributed by atoms with van der Waals surface area (Å²) in [5.41, 5.74) is 23.4. The molecular weight excluding hydrogens is 781 g/mol. The van der Waals surface area contributed by atoms with Crippen molar-refractivity contribution < 1.29 is 19.2 Å². The summed E-state index contributed by atoms with van der Waals surface area (Å²) in [6, 6.07) is 23.7. The molecule has 0 atom stereocenters. The number of hydrogen-bond donors (Lipinski definition) is 9. The summed E-state index contributed by atoms with van der Waals surface area (Å²) >= 11 is 0. The van der Waals surface area contributed by atoms with Crippen LogP contribution in [0.15, 0.2) is 121 Å². The van der Waals surface area contributed by atoms with Crippen molar-refractivity contribution in [2.24, 2.45) is 42.0 Å². The molecule has 5 aromatic heterocycles. The molecule has 20 heteroatoms. The highest BCUT2D eigenvalue weighted by molar-refractivity contribution is 6.06. The van der Waals surface area contributed by atoms with E-state index in [0.717, 1.165) is 21.5 Å². The van der Waals surface area contributed by atoms with Crippen molar-refractivity contribution in [1.29, 1.82) is 5.41 Å². The molecule has 0 radical (unpaired) electrons. The highest BCUT2D eigenvalue weighted by Gasteiger charge is 2.16. The maximum atomic E-state index is 12.5. The van der Waals surface area contributed by atoms with Gasteiger partial charge in [-0.1, -0.05) is 48.5 Å². The van der Waals surface area contributed by atoms with Gasteiger partial charge in [0.25, 0.3) is 23.6 Å². The molecule has 0 saturated heterocycles. The molecule has 61 heavy (non-hydrogen) atoms. The molecule has 0 aliphatic carbocycles. The van der Waals surface area contributed by atoms with Crippen LogP contribution in [0.1, 0.15) is 42.0 Å². The number of aliphatic imine (C=N–C) groups is 1. The van der Waals surface area contributed by atoms with Crippen LogP contribution >= 0.6 is 0 Å². The Morgan fingerprint density at radius 2 is 1.15 bits per heavy atom. The molecule has 0 aliphatic heterocycles. The van der Waals surface area contributed by atoms with E-state index in [-0.39, 0.29) is 42.1 Å². The fraction of sp³-hybridized carbons (Fsp3) is 0.146. The first-order valence-corrected chi connectivity index (χ1v) is 18.6. The molecular formula is C41H46N16O4. The Balaban J connectivity index is 0.000000196. The molecule has 314 valence electrons. The van der Waals surface area contributed by atoms with Crippen molar-refractivity contribution in [3.05, 3.63) is 139 Å². The number of anilines is 2. The predicted octanol–water partition coefficient (Wildman–Crippen LogP) is 1.97. The number of benzene rings is 2. The monoisotopic (exact) mass is 826 g/mol. The average Bonchev–Trinajstić information content (AvgIpc) is 4.02. The molecule has 0 fully saturated rings. The molecule has 5 heterocycles. The van der Waals surface area contributed by atoms with E-state index in [0.29, 0.717) is 53.8 Å². The van der Waals surface area contributed by atoms with Crippen LogP contribution in [0.4, 0.5) is 11.4 Å². The minimum atomic E-state index is -0.351. The van der Waals surface area contributed by atoms with Crippen LogP contribution in [0, 0.1) is 5.41 Å². The van der Waals surface area contributed by atoms with E-state index in [2.05, 4.69) is 41.3 Å². The Labute approximate surface area is 349 Å². The number of hydrogen-bond acceptors (Lipinski definition) is 10. The number of amides is 4. The van der Waals surface area contributed by atoms with Crippen LogP contribution < -0.4 is 44.2 Å². The molecule has 0 aliphatic rings. The normalized spacial score (nSPS) is 10.3. The maximum absolute atomic E-state index is 12.5. The number of carbonyl (C=O) groups is 4. The van der Waals surface area contributed by atoms with Gasteiger partial charge in [0.05, 0.1) is 17.9 Å². The van der Waals surface area contributed by atoms with Crippen LogP contribution in [0.5, 0.6) is 0 Å². The van der Waals surface area contributed by atoms with Gasteiger partial charge in [-0.3, -0.25) is 39.5 Å². The fourth-order valence-electron chi connectivity index (χ4n) is 5.66. The number of nitrogen functional groups attached to an aromatic ring is 1. The van der Waals surface area contributed by atoms with Crippen molar-refractivity contribution in [2.45, 2.75) is 0 Å². The third-order valence-corrected chi connectivity index (χ3v) is 8.59. The topological polar surface area (TPSA) is 310 Å². The van der Waals surface area contributed by atoms with Gasteiger partial charge in [-0.15, -0.1) is 0 Å². The summed E-state index contributed by atoms with van der Waals surface area (Å²) in [6.45, 7) is 1.35. The molecule has 7 rings (SSSR count). The third kappa shape index (κ3) is 12.3. The minimum Gasteiger partial charge on any atom is -0.370 e. The number of rotatable bonds is 11. The summed E-state index contributed by atoms with van der Waals surface area (Å²) in [4.78, 5) is 61.4. The van der Waals surface area contributed by atoms with Crippen LogP contribution in [-0.4, -0.2) is 90.6 Å². The lowest BCUT2D eigenvalue weighted by Crippen LogP contribution is -2.30. The second-order valence-corrected chi connectivity index (χ2v) is 13.1. The number of nitrogens with two attached hydrogens (primary N) is 4. The summed E-state index contributed by atoms with van der Waals surface area (Å²) in [5, 5.41) is 25.3. The van der Waals surface area contributed by atoms with Crippen molar-refractivity contribution in [1.82, 2.24) is 39.5 Å². The summed E-state index contributed by atoms with van der Waals surface area (Å²) in [5.74, 6) is -1.30. The predicted molar refractivity (Wildman–Crippen MR) is 234 cm³/mol. The first-order valence-electron chi connectivity index (χ1n) is 18.6. The van der Waals surface area contributed by atoms with Crippen LogP contribution in [0.2, 0.25) is 0 Å². The van der Waals surface area contributed by atoms with Crippen molar-refractivity contribution in [3.8, 4) is 0 Å². The van der Waals surface area contributed by atoms with Gasteiger partial charge in [-0.25, -0.2) is 4.68 Å². The molecule has 0 spiro atoms. The number of pyridine rings is 2. The first kappa shape index (κ1) is 43.7. The molecule has 0 saturated carbocycles. The lowest BCUT2D eigenvalue weighted by molar-refractivity contribution is 0.0938. The summed E-state index contributed by atoms with van der Waals surface area (Å²) < 4.78 is 4.55. The number of aryl methyl sites for hydroxylation is 2. The third-order valence-electron chi connectivity index (χ3n) is 8.59. The van der Waals surface area contributed by atoms with E-state index in [4.69, 9.17) is 28.3 Å². The Kier molecular flexibility index (Phi) is 15.0. The zero-order chi connectivity index (χ0) is 43.9. The van der Waals surface area contributed by atoms with E-state index in [9.17, 15) is 19.2 Å². The fourth-order valence-corrected chi connectivity index (χ4v) is 5.66. The van der Waals surface area contributed by atoms with Crippen molar-refractivity contribution in [2.75, 3.05) is 36.8 Å². The lowest BCUT2D eigenvalue weighted by atomic mass is 10.1. The van der Waals surface area contributed by atoms with E-state index < -0.39 is 0 Å². The Hall–Kier alpha value is -8.39. The van der Waals surface area contributed by atoms with E-state index in [1.54, 1.807) is 90.7 Å². The number of nitrogens with one attached hydrogen (secondary N) is 5. The van der Waals surface area contributed by atoms with Gasteiger partial charge in [0.2, 0.25) is 5.96 Å². The molecule has 7 aromatic rings. The van der Waals surface area contributed by atoms with Gasteiger partial charge < -0.3 is 53.3 Å². The largest absolute Gasteiger partial charge is 0.370 e. The molecule has 0 unspecified atom stereocenters. The van der Waals surface area contributed by atoms with Gasteiger partial charge in [0, 0.05) is 81.7 Å². The average molecular weight is 827 g/mol. The van der Waals surface area contributed by atoms with E-state index in [1.165, 1.54) is 4.68 Å². The van der Waals surface area contributed by atoms with E-state index in [1.807, 2.05) is 48.5 Å². The number of fused-ring (bicyclic) bond motifs is 2. The van der Waals surface area contributed by atoms with Crippen molar-refractivity contribution >= 4 is 68.5 Å². The Morgan fingerprint density at radius 3 is 1.56 bits per heavy atom. The molecule has 20 nitrogen and oxygen atoms in total. The Bertz CT molecular complexity index is 2680. The highest BCUT2D eigenvalue weighted by atomic mass is 16.2. The van der Waals surface area contributed by atoms with Gasteiger partial charge in [-0.2, -0.15) is 5.10 Å². The summed E-state index contributed by atoms with van der Waals surface area (Å²) in [7, 11) is 3.45. The maximum Gasteiger partial charge on any atom is 0.274 e. The number of aromatic nitrogens is 6. The van der Waals surface area contributed by atoms with Gasteiger partial charge >= 0.3 is 0 Å². The van der Waals surface area contributed by atoms with Gasteiger partial charge in [0.1, 0.15) is 22.8 Å². The SMILES string of the molecule is Cn1cc(NC(=O)c2cc3ccccc3cn2)cc1C(=O)NCCN.Cn1cc(NC(=O)c2cc3ccccc3cn2)cc1C(=O)NCCN=C(N)N.N=C(N)n1cccn1. The van der Waals surface area contributed by atoms with Crippen LogP contribution in [-0.2, 0) is 14.1 Å². The van der Waals surface area contributed by atoms with Crippen LogP contribution in [0.25, 0.3) is 21.5 Å². The Morgan fingerprint density at radius 1 is 0.672 bits per heavy atom. The number of nitrogens with zero attached hydrogens (tertiary/aromatic N) is 7. The smallest absolute Gasteiger partial charge is 0.274 e. The first-order chi connectivity index (χ1) is 29.3. The van der Waals surface area contributed by atoms with Gasteiger partial charge in [0.15, 0.2) is 5.96 Å². The van der Waals surface area contributed by atoms with E-state index >= 15 is 0 Å². The molecule has 2 aromatic carbocycles. The lowest BCUT2D eigenvalue weighted by Gasteiger charge is -2.04. The quantitative estimate of drug-likeness (QED) is 0.0516. The molecule has 4 amide bonds. The number of guanidine groups is 1. The van der Waals surface area contributed by atoms with Crippen molar-refractivity contribution in [3.63, 3.8) is 0 Å². The standard InChI is InChI=1S/C19H21N7O2.C18H19N5O2.C4H6N4/c1-26-11-14(9-16(26)18(28)22-6-7-23-19(20)21)25-17(27)15-8-12-4-2-3-5-13(12)10-24-15;1-23-11-14(9-16(23)18(25)20-7-6-19)22-17(24)15-8-12-4-2-3-5-13(12)10-21-15;5-4(6)8-3-1-2-7-8/h2-5,8-11H,6-7H2,1H3,(H,22,28)(H,25,27)(H4,20,21,23);2-5,8-11H,6-7,19H2,1H3,(H,20,25)(H,22,24);1-3H,(H3,5,6). The highest BCUT2D eigenvalue weighted by Crippen LogP contribution is 2.18. The second-order valence-electron chi connectivity index (χ2n) is 13.1. The zero-order valence-electron chi connectivity index (χ0n) is 33.4. The second kappa shape index (κ2) is 20.9. The minimum absolute atomic E-state index is 0.0274. The molecule has 13 N–H and O–H groups in total. The molecule has 0 bridgehead atoms. The van der Waals surface area contributed by atoms with Gasteiger partial charge in [-0.05, 0) is 41.1 Å². The zero-order valence-corrected chi connectivity index (χ0v) is 33.4.